The Kier molecular flexibility index (Phi) is 7.55. The second-order valence-electron chi connectivity index (χ2n) is 8.86. The van der Waals surface area contributed by atoms with Crippen molar-refractivity contribution in [1.82, 2.24) is 25.0 Å². The van der Waals surface area contributed by atoms with E-state index >= 15 is 0 Å². The first-order chi connectivity index (χ1) is 12.4. The number of rotatable bonds is 5. The van der Waals surface area contributed by atoms with E-state index in [-0.39, 0.29) is 29.5 Å². The van der Waals surface area contributed by atoms with Crippen molar-refractivity contribution in [2.24, 2.45) is 10.4 Å². The fourth-order valence-electron chi connectivity index (χ4n) is 3.95. The third-order valence-electron chi connectivity index (χ3n) is 6.48. The maximum Gasteiger partial charge on any atom is 0.194 e. The molecule has 0 radical (unpaired) electrons. The van der Waals surface area contributed by atoms with Gasteiger partial charge in [-0.25, -0.2) is 0 Å². The number of fused-ring (bicyclic) bond motifs is 1. The topological polar surface area (TPSA) is 58.3 Å². The van der Waals surface area contributed by atoms with Crippen LogP contribution in [0.25, 0.3) is 0 Å². The molecule has 0 bridgehead atoms. The molecule has 1 aromatic rings. The van der Waals surface area contributed by atoms with Crippen molar-refractivity contribution in [3.8, 4) is 0 Å². The Bertz CT molecular complexity index is 649. The minimum Gasteiger partial charge on any atom is -0.356 e. The van der Waals surface area contributed by atoms with E-state index < -0.39 is 0 Å². The molecule has 6 nitrogen and oxygen atoms in total. The van der Waals surface area contributed by atoms with E-state index in [0.29, 0.717) is 5.41 Å². The molecule has 0 atom stereocenters. The van der Waals surface area contributed by atoms with Crippen molar-refractivity contribution in [3.63, 3.8) is 0 Å². The van der Waals surface area contributed by atoms with Gasteiger partial charge in [-0.05, 0) is 40.0 Å². The van der Waals surface area contributed by atoms with Crippen molar-refractivity contribution in [1.29, 1.82) is 0 Å². The number of aryl methyl sites for hydroxylation is 2. The molecule has 0 saturated carbocycles. The van der Waals surface area contributed by atoms with E-state index in [4.69, 9.17) is 4.99 Å². The van der Waals surface area contributed by atoms with Crippen molar-refractivity contribution < 1.29 is 0 Å². The SMILES string of the molecule is CCNC(=NCCCc1nnc2n1CCCCC2)N1CC(C)(C)C1(C)C.I. The number of hydrogen-bond donors (Lipinski definition) is 1. The highest BCUT2D eigenvalue weighted by Crippen LogP contribution is 2.46. The number of guanidine groups is 1. The second kappa shape index (κ2) is 9.09. The minimum absolute atomic E-state index is 0. The highest BCUT2D eigenvalue weighted by molar-refractivity contribution is 14.0. The monoisotopic (exact) mass is 488 g/mol. The summed E-state index contributed by atoms with van der Waals surface area (Å²) < 4.78 is 2.35. The molecule has 1 N–H and O–H groups in total. The van der Waals surface area contributed by atoms with Crippen LogP contribution in [0.4, 0.5) is 0 Å². The molecule has 7 heteroatoms. The molecule has 3 rings (SSSR count). The molecule has 0 aliphatic carbocycles. The van der Waals surface area contributed by atoms with Crippen molar-refractivity contribution >= 4 is 29.9 Å². The Hall–Kier alpha value is -0.860. The number of nitrogens with zero attached hydrogens (tertiary/aromatic N) is 5. The first-order valence-corrected chi connectivity index (χ1v) is 10.3. The van der Waals surface area contributed by atoms with Crippen LogP contribution in [0.15, 0.2) is 4.99 Å². The molecule has 0 aromatic carbocycles. The molecular formula is C20H37IN6. The number of nitrogens with one attached hydrogen (secondary N) is 1. The normalized spacial score (nSPS) is 20.9. The van der Waals surface area contributed by atoms with Crippen molar-refractivity contribution in [3.05, 3.63) is 11.6 Å². The fraction of sp³-hybridized carbons (Fsp3) is 0.850. The summed E-state index contributed by atoms with van der Waals surface area (Å²) in [5.74, 6) is 3.38. The number of aromatic nitrogens is 3. The third kappa shape index (κ3) is 4.59. The standard InChI is InChI=1S/C20H36N6.HI/c1-6-21-18(26-15-19(2,3)20(26,4)5)22-13-10-12-17-24-23-16-11-8-7-9-14-25(16)17;/h6-15H2,1-5H3,(H,21,22);1H. The van der Waals surface area contributed by atoms with Gasteiger partial charge in [0, 0.05) is 50.0 Å². The van der Waals surface area contributed by atoms with Crippen LogP contribution >= 0.6 is 24.0 Å². The lowest BCUT2D eigenvalue weighted by molar-refractivity contribution is -0.0667. The Morgan fingerprint density at radius 2 is 1.93 bits per heavy atom. The van der Waals surface area contributed by atoms with Gasteiger partial charge in [0.1, 0.15) is 11.6 Å². The van der Waals surface area contributed by atoms with Gasteiger partial charge in [0.2, 0.25) is 0 Å². The van der Waals surface area contributed by atoms with Gasteiger partial charge in [-0.3, -0.25) is 4.99 Å². The lowest BCUT2D eigenvalue weighted by atomic mass is 9.65. The van der Waals surface area contributed by atoms with Crippen LogP contribution < -0.4 is 5.32 Å². The zero-order valence-corrected chi connectivity index (χ0v) is 20.0. The van der Waals surface area contributed by atoms with Crippen LogP contribution in [0.2, 0.25) is 0 Å². The first-order valence-electron chi connectivity index (χ1n) is 10.3. The minimum atomic E-state index is 0. The summed E-state index contributed by atoms with van der Waals surface area (Å²) in [5, 5.41) is 12.3. The molecule has 0 spiro atoms. The molecule has 1 saturated heterocycles. The van der Waals surface area contributed by atoms with E-state index in [1.807, 2.05) is 0 Å². The van der Waals surface area contributed by atoms with E-state index in [0.717, 1.165) is 57.2 Å². The fourth-order valence-corrected chi connectivity index (χ4v) is 3.95. The van der Waals surface area contributed by atoms with Crippen LogP contribution in [0.1, 0.15) is 72.0 Å². The van der Waals surface area contributed by atoms with Gasteiger partial charge in [-0.2, -0.15) is 0 Å². The van der Waals surface area contributed by atoms with Crippen LogP contribution in [0.5, 0.6) is 0 Å². The Balaban J connectivity index is 0.00000261. The van der Waals surface area contributed by atoms with Gasteiger partial charge in [0.25, 0.3) is 0 Å². The van der Waals surface area contributed by atoms with Gasteiger partial charge in [-0.1, -0.05) is 20.3 Å². The average Bonchev–Trinajstić information content (AvgIpc) is 2.82. The van der Waals surface area contributed by atoms with Gasteiger partial charge >= 0.3 is 0 Å². The number of hydrogen-bond acceptors (Lipinski definition) is 3. The van der Waals surface area contributed by atoms with Crippen molar-refractivity contribution in [2.45, 2.75) is 85.2 Å². The molecular weight excluding hydrogens is 451 g/mol. The molecule has 0 unspecified atom stereocenters. The molecule has 3 heterocycles. The molecule has 154 valence electrons. The highest BCUT2D eigenvalue weighted by atomic mass is 127. The van der Waals surface area contributed by atoms with Gasteiger partial charge in [0.15, 0.2) is 5.96 Å². The molecule has 27 heavy (non-hydrogen) atoms. The van der Waals surface area contributed by atoms with Crippen LogP contribution in [0.3, 0.4) is 0 Å². The first kappa shape index (κ1) is 22.4. The summed E-state index contributed by atoms with van der Waals surface area (Å²) in [6.07, 6.45) is 6.86. The van der Waals surface area contributed by atoms with Crippen molar-refractivity contribution in [2.75, 3.05) is 19.6 Å². The van der Waals surface area contributed by atoms with Gasteiger partial charge < -0.3 is 14.8 Å². The maximum absolute atomic E-state index is 4.90. The number of aliphatic imine (C=N–C) groups is 1. The lowest BCUT2D eigenvalue weighted by Crippen LogP contribution is -2.72. The predicted octanol–water partition coefficient (Wildman–Crippen LogP) is 3.64. The van der Waals surface area contributed by atoms with E-state index in [2.05, 4.69) is 59.6 Å². The van der Waals surface area contributed by atoms with Gasteiger partial charge in [-0.15, -0.1) is 34.2 Å². The second-order valence-corrected chi connectivity index (χ2v) is 8.86. The number of likely N-dealkylation sites (tertiary alicyclic amines) is 1. The molecule has 0 amide bonds. The summed E-state index contributed by atoms with van der Waals surface area (Å²) in [6.45, 7) is 15.3. The third-order valence-corrected chi connectivity index (χ3v) is 6.48. The van der Waals surface area contributed by atoms with Gasteiger partial charge in [0.05, 0.1) is 0 Å². The predicted molar refractivity (Wildman–Crippen MR) is 122 cm³/mol. The largest absolute Gasteiger partial charge is 0.356 e. The summed E-state index contributed by atoms with van der Waals surface area (Å²) >= 11 is 0. The van der Waals surface area contributed by atoms with E-state index in [1.165, 1.54) is 25.1 Å². The summed E-state index contributed by atoms with van der Waals surface area (Å²) in [6, 6.07) is 0. The summed E-state index contributed by atoms with van der Waals surface area (Å²) in [5.41, 5.74) is 0.459. The molecule has 1 aromatic heterocycles. The van der Waals surface area contributed by atoms with Crippen LogP contribution in [-0.2, 0) is 19.4 Å². The zero-order chi connectivity index (χ0) is 18.8. The molecule has 1 fully saturated rings. The number of halogens is 1. The smallest absolute Gasteiger partial charge is 0.194 e. The Morgan fingerprint density at radius 1 is 1.15 bits per heavy atom. The highest BCUT2D eigenvalue weighted by Gasteiger charge is 2.53. The molecule has 2 aliphatic rings. The summed E-state index contributed by atoms with van der Waals surface area (Å²) in [4.78, 5) is 7.32. The Labute approximate surface area is 181 Å². The van der Waals surface area contributed by atoms with E-state index in [1.54, 1.807) is 0 Å². The average molecular weight is 488 g/mol. The maximum atomic E-state index is 4.90. The lowest BCUT2D eigenvalue weighted by Gasteiger charge is -2.62. The van der Waals surface area contributed by atoms with E-state index in [9.17, 15) is 0 Å². The quantitative estimate of drug-likeness (QED) is 0.298. The Morgan fingerprint density at radius 3 is 2.59 bits per heavy atom. The zero-order valence-electron chi connectivity index (χ0n) is 17.7. The van der Waals surface area contributed by atoms with Crippen LogP contribution in [0, 0.1) is 5.41 Å². The molecule has 2 aliphatic heterocycles. The van der Waals surface area contributed by atoms with Crippen LogP contribution in [-0.4, -0.2) is 50.8 Å². The summed E-state index contributed by atoms with van der Waals surface area (Å²) in [7, 11) is 0.